The Morgan fingerprint density at radius 3 is 2.20 bits per heavy atom. The van der Waals surface area contributed by atoms with Crippen LogP contribution in [0.1, 0.15) is 152 Å². The van der Waals surface area contributed by atoms with Crippen molar-refractivity contribution in [2.45, 2.75) is 164 Å². The number of nitrogens with zero attached hydrogens (tertiary/aromatic N) is 2. The summed E-state index contributed by atoms with van der Waals surface area (Å²) in [5, 5.41) is 22.3. The Morgan fingerprint density at radius 1 is 0.893 bits per heavy atom. The molecule has 0 bridgehead atoms. The Morgan fingerprint density at radius 2 is 1.57 bits per heavy atom. The van der Waals surface area contributed by atoms with Crippen molar-refractivity contribution in [3.63, 3.8) is 0 Å². The molecule has 0 aromatic carbocycles. The quantitative estimate of drug-likeness (QED) is 0.191. The van der Waals surface area contributed by atoms with Crippen LogP contribution in [0.4, 0.5) is 0 Å². The third-order valence-corrected chi connectivity index (χ3v) is 18.0. The van der Waals surface area contributed by atoms with Gasteiger partial charge in [0.05, 0.1) is 24.5 Å². The van der Waals surface area contributed by atoms with Gasteiger partial charge in [-0.25, -0.2) is 0 Å². The number of aliphatic hydroxyl groups excluding tert-OH is 1. The largest absolute Gasteiger partial charge is 0.481 e. The minimum absolute atomic E-state index is 0.0216. The van der Waals surface area contributed by atoms with Crippen molar-refractivity contribution < 1.29 is 34.1 Å². The first-order valence-electron chi connectivity index (χ1n) is 22.5. The van der Waals surface area contributed by atoms with Crippen LogP contribution in [-0.2, 0) is 23.9 Å². The number of hydrogen-bond donors (Lipinski definition) is 2. The third kappa shape index (κ3) is 6.72. The normalized spacial score (nSPS) is 38.7. The number of ketones is 1. The summed E-state index contributed by atoms with van der Waals surface area (Å²) in [5.41, 5.74) is 0.175. The van der Waals surface area contributed by atoms with Crippen LogP contribution in [0.2, 0.25) is 0 Å². The molecule has 0 radical (unpaired) electrons. The molecule has 2 N–H and O–H groups in total. The third-order valence-electron chi connectivity index (χ3n) is 18.0. The highest BCUT2D eigenvalue weighted by Crippen LogP contribution is 2.77. The Labute approximate surface area is 337 Å². The maximum atomic E-state index is 14.3. The maximum absolute atomic E-state index is 14.3. The number of allylic oxidation sites excluding steroid dienone is 1. The number of fused-ring (bicyclic) bond motifs is 7. The first-order chi connectivity index (χ1) is 26.1. The van der Waals surface area contributed by atoms with Crippen molar-refractivity contribution in [3.05, 3.63) is 11.1 Å². The number of carboxylic acids is 1. The van der Waals surface area contributed by atoms with E-state index < -0.39 is 28.9 Å². The second-order valence-corrected chi connectivity index (χ2v) is 22.3. The van der Waals surface area contributed by atoms with Crippen LogP contribution in [0.25, 0.3) is 0 Å². The molecular weight excluding hydrogens is 705 g/mol. The van der Waals surface area contributed by atoms with Crippen LogP contribution in [0, 0.1) is 62.1 Å². The summed E-state index contributed by atoms with van der Waals surface area (Å²) in [6.45, 7) is 23.0. The molecule has 0 aromatic rings. The van der Waals surface area contributed by atoms with Gasteiger partial charge in [-0.05, 0) is 155 Å². The van der Waals surface area contributed by atoms with Gasteiger partial charge in [0.25, 0.3) is 0 Å². The van der Waals surface area contributed by atoms with Crippen molar-refractivity contribution >= 4 is 23.6 Å². The van der Waals surface area contributed by atoms with Gasteiger partial charge in [0, 0.05) is 30.3 Å². The topological polar surface area (TPSA) is 124 Å². The fourth-order valence-corrected chi connectivity index (χ4v) is 14.4. The zero-order valence-corrected chi connectivity index (χ0v) is 36.3. The van der Waals surface area contributed by atoms with Gasteiger partial charge in [-0.15, -0.1) is 0 Å². The molecule has 1 amide bonds. The molecule has 9 atom stereocenters. The van der Waals surface area contributed by atoms with E-state index in [1.807, 2.05) is 4.90 Å². The number of Topliss-reactive ketones (excluding diaryl/α,β-unsaturated/α-hetero) is 1. The van der Waals surface area contributed by atoms with E-state index in [1.54, 1.807) is 13.8 Å². The molecule has 7 aliphatic rings. The molecule has 314 valence electrons. The van der Waals surface area contributed by atoms with Gasteiger partial charge in [0.2, 0.25) is 5.91 Å². The number of carbonyl (C=O) groups excluding carboxylic acids is 3. The number of aliphatic hydroxyl groups is 1. The molecule has 2 unspecified atom stereocenters. The molecule has 0 spiro atoms. The first-order valence-corrected chi connectivity index (χ1v) is 22.5. The van der Waals surface area contributed by atoms with E-state index in [0.717, 1.165) is 95.7 Å². The van der Waals surface area contributed by atoms with Crippen molar-refractivity contribution in [1.82, 2.24) is 9.80 Å². The van der Waals surface area contributed by atoms with Gasteiger partial charge < -0.3 is 19.8 Å². The number of esters is 1. The predicted octanol–water partition coefficient (Wildman–Crippen LogP) is 8.08. The van der Waals surface area contributed by atoms with Crippen LogP contribution in [0.3, 0.4) is 0 Å². The summed E-state index contributed by atoms with van der Waals surface area (Å²) in [6.07, 6.45) is 11.4. The van der Waals surface area contributed by atoms with Gasteiger partial charge in [-0.3, -0.25) is 24.1 Å². The number of ether oxygens (including phenoxy) is 1. The molecule has 9 nitrogen and oxygen atoms in total. The van der Waals surface area contributed by atoms with Gasteiger partial charge in [0.1, 0.15) is 6.10 Å². The highest BCUT2D eigenvalue weighted by molar-refractivity contribution is 6.00. The van der Waals surface area contributed by atoms with Crippen molar-refractivity contribution in [2.75, 3.05) is 32.7 Å². The van der Waals surface area contributed by atoms with Crippen LogP contribution in [-0.4, -0.2) is 88.6 Å². The molecule has 1 heterocycles. The second-order valence-electron chi connectivity index (χ2n) is 22.3. The maximum Gasteiger partial charge on any atom is 0.309 e. The molecule has 56 heavy (non-hydrogen) atoms. The van der Waals surface area contributed by atoms with Gasteiger partial charge in [-0.2, -0.15) is 0 Å². The summed E-state index contributed by atoms with van der Waals surface area (Å²) in [4.78, 5) is 57.3. The first kappa shape index (κ1) is 41.9. The zero-order valence-electron chi connectivity index (χ0n) is 36.3. The van der Waals surface area contributed by atoms with Crippen LogP contribution >= 0.6 is 0 Å². The van der Waals surface area contributed by atoms with E-state index in [-0.39, 0.29) is 57.7 Å². The number of hydrogen-bond acceptors (Lipinski definition) is 7. The lowest BCUT2D eigenvalue weighted by atomic mass is 9.33. The average Bonchev–Trinajstić information content (AvgIpc) is 3.66. The lowest BCUT2D eigenvalue weighted by Crippen LogP contribution is -2.66. The van der Waals surface area contributed by atoms with E-state index in [1.165, 1.54) is 5.57 Å². The summed E-state index contributed by atoms with van der Waals surface area (Å²) in [7, 11) is 0. The smallest absolute Gasteiger partial charge is 0.309 e. The molecule has 6 fully saturated rings. The summed E-state index contributed by atoms with van der Waals surface area (Å²) >= 11 is 0. The molecule has 0 aromatic heterocycles. The highest BCUT2D eigenvalue weighted by atomic mass is 16.5. The number of aliphatic carboxylic acids is 1. The van der Waals surface area contributed by atoms with E-state index >= 15 is 0 Å². The minimum Gasteiger partial charge on any atom is -0.481 e. The Bertz CT molecular complexity index is 1620. The van der Waals surface area contributed by atoms with E-state index in [2.05, 4.69) is 53.4 Å². The molecule has 7 rings (SSSR count). The van der Waals surface area contributed by atoms with Crippen LogP contribution in [0.5, 0.6) is 0 Å². The van der Waals surface area contributed by atoms with E-state index in [0.29, 0.717) is 43.8 Å². The molecule has 9 heteroatoms. The van der Waals surface area contributed by atoms with Crippen molar-refractivity contribution in [2.24, 2.45) is 62.1 Å². The predicted molar refractivity (Wildman–Crippen MR) is 216 cm³/mol. The number of rotatable bonds is 12. The van der Waals surface area contributed by atoms with E-state index in [4.69, 9.17) is 4.74 Å². The van der Waals surface area contributed by atoms with Crippen LogP contribution in [0.15, 0.2) is 11.1 Å². The monoisotopic (exact) mass is 779 g/mol. The standard InChI is InChI=1S/C47H74N2O7/c1-29(2)39-32(50)24-47(35(51)27-49(26-30-12-13-30)37(52)28-48-22-10-11-23-48)21-20-45(8)31(40(39)47)14-15-34-44(7)18-17-36(56-38(53)25-42(3,4)41(54)55)43(5,6)33(44)16-19-46(34,45)9/h29-31,33-36,51H,10-28H2,1-9H3,(H,54,55)/t31-,33?,34?,35+,36+,44+,45-,46-,47+/m1/s1. The fourth-order valence-electron chi connectivity index (χ4n) is 14.4. The molecule has 1 aliphatic heterocycles. The minimum atomic E-state index is -1.17. The summed E-state index contributed by atoms with van der Waals surface area (Å²) in [6, 6.07) is 0. The Hall–Kier alpha value is -2.26. The molecule has 1 saturated heterocycles. The molecular formula is C47H74N2O7. The van der Waals surface area contributed by atoms with Gasteiger partial charge in [-0.1, -0.05) is 54.0 Å². The van der Waals surface area contributed by atoms with Crippen LogP contribution < -0.4 is 0 Å². The molecule has 6 aliphatic carbocycles. The highest BCUT2D eigenvalue weighted by Gasteiger charge is 2.71. The van der Waals surface area contributed by atoms with Crippen molar-refractivity contribution in [1.29, 1.82) is 0 Å². The zero-order chi connectivity index (χ0) is 40.8. The number of likely N-dealkylation sites (tertiary alicyclic amines) is 1. The summed E-state index contributed by atoms with van der Waals surface area (Å²) < 4.78 is 6.19. The number of carbonyl (C=O) groups is 4. The van der Waals surface area contributed by atoms with Crippen molar-refractivity contribution in [3.8, 4) is 0 Å². The number of carboxylic acid groups (broad SMARTS) is 1. The van der Waals surface area contributed by atoms with Gasteiger partial charge in [0.15, 0.2) is 5.78 Å². The summed E-state index contributed by atoms with van der Waals surface area (Å²) in [5.74, 6) is 0.537. The SMILES string of the molecule is CC(C)C1=C2[C@H]3CCC4[C@@]5(C)CC[C@H](OC(=O)CC(C)(C)C(=O)O)C(C)(C)C5CC[C@@]4(C)[C@]3(C)CC[C@@]2([C@@H](O)CN(CC2CC2)C(=O)CN2CCCC2)CC1=O. The Balaban J connectivity index is 1.15. The lowest BCUT2D eigenvalue weighted by molar-refractivity contribution is -0.235. The second kappa shape index (κ2) is 14.5. The number of amides is 1. The lowest BCUT2D eigenvalue weighted by Gasteiger charge is -2.72. The average molecular weight is 779 g/mol. The fraction of sp³-hybridized carbons (Fsp3) is 0.872. The molecule has 5 saturated carbocycles. The van der Waals surface area contributed by atoms with Gasteiger partial charge >= 0.3 is 11.9 Å². The Kier molecular flexibility index (Phi) is 10.8. The van der Waals surface area contributed by atoms with E-state index in [9.17, 15) is 29.4 Å².